The zero-order valence-corrected chi connectivity index (χ0v) is 23.6. The van der Waals surface area contributed by atoms with Gasteiger partial charge in [-0.05, 0) is 35.1 Å². The Bertz CT molecular complexity index is 1120. The highest BCUT2D eigenvalue weighted by Gasteiger charge is 2.33. The molecule has 0 aliphatic heterocycles. The summed E-state index contributed by atoms with van der Waals surface area (Å²) < 4.78 is 0. The minimum absolute atomic E-state index is 0.0214. The highest BCUT2D eigenvalue weighted by molar-refractivity contribution is 5.94. The van der Waals surface area contributed by atoms with Crippen LogP contribution in [-0.4, -0.2) is 58.1 Å². The number of hydrogen-bond donors (Lipinski definition) is 6. The summed E-state index contributed by atoms with van der Waals surface area (Å²) in [6, 6.07) is 10.9. The van der Waals surface area contributed by atoms with Crippen molar-refractivity contribution in [3.05, 3.63) is 65.7 Å². The third kappa shape index (κ3) is 9.68. The predicted octanol–water partition coefficient (Wildman–Crippen LogP) is 2.14. The molecule has 7 N–H and O–H groups in total. The lowest BCUT2D eigenvalue weighted by atomic mass is 9.95. The molecule has 6 atom stereocenters. The second-order valence-corrected chi connectivity index (χ2v) is 10.3. The average molecular weight is 555 g/mol. The number of phenols is 1. The molecule has 0 fully saturated rings. The number of benzene rings is 2. The lowest BCUT2D eigenvalue weighted by Gasteiger charge is -2.29. The number of amides is 3. The van der Waals surface area contributed by atoms with Crippen molar-refractivity contribution in [2.75, 3.05) is 0 Å². The molecule has 0 aromatic heterocycles. The van der Waals surface area contributed by atoms with E-state index in [1.807, 2.05) is 33.8 Å². The third-order valence-corrected chi connectivity index (χ3v) is 7.26. The number of carboxylic acid groups (broad SMARTS) is 1. The van der Waals surface area contributed by atoms with Crippen LogP contribution in [0, 0.1) is 11.8 Å². The monoisotopic (exact) mass is 554 g/mol. The summed E-state index contributed by atoms with van der Waals surface area (Å²) in [6.07, 6.45) is 1.37. The number of nitrogens with two attached hydrogens (primary N) is 1. The minimum atomic E-state index is -1.27. The van der Waals surface area contributed by atoms with Gasteiger partial charge in [0.25, 0.3) is 0 Å². The zero-order valence-electron chi connectivity index (χ0n) is 23.6. The van der Waals surface area contributed by atoms with Crippen molar-refractivity contribution in [1.29, 1.82) is 0 Å². The Morgan fingerprint density at radius 3 is 1.80 bits per heavy atom. The Balaban J connectivity index is 2.27. The van der Waals surface area contributed by atoms with Crippen molar-refractivity contribution in [3.8, 4) is 5.75 Å². The van der Waals surface area contributed by atoms with E-state index in [0.29, 0.717) is 18.4 Å². The lowest BCUT2D eigenvalue weighted by molar-refractivity contribution is -0.142. The largest absolute Gasteiger partial charge is 0.508 e. The minimum Gasteiger partial charge on any atom is -0.508 e. The Morgan fingerprint density at radius 2 is 1.25 bits per heavy atom. The van der Waals surface area contributed by atoms with Crippen molar-refractivity contribution in [2.45, 2.75) is 77.5 Å². The number of phenolic OH excluding ortho intramolecular Hbond substituents is 1. The summed E-state index contributed by atoms with van der Waals surface area (Å²) in [7, 11) is 0. The number of nitrogens with one attached hydrogen (secondary N) is 3. The summed E-state index contributed by atoms with van der Waals surface area (Å²) >= 11 is 0. The van der Waals surface area contributed by atoms with Crippen LogP contribution in [0.4, 0.5) is 0 Å². The fourth-order valence-electron chi connectivity index (χ4n) is 4.12. The van der Waals surface area contributed by atoms with Gasteiger partial charge in [0, 0.05) is 12.8 Å². The molecule has 2 aromatic rings. The van der Waals surface area contributed by atoms with Crippen LogP contribution in [0.5, 0.6) is 5.75 Å². The number of carboxylic acids is 1. The van der Waals surface area contributed by atoms with E-state index < -0.39 is 47.9 Å². The molecule has 3 amide bonds. The second kappa shape index (κ2) is 15.6. The summed E-state index contributed by atoms with van der Waals surface area (Å²) in [6.45, 7) is 7.50. The maximum absolute atomic E-state index is 13.5. The molecule has 0 saturated heterocycles. The van der Waals surface area contributed by atoms with Gasteiger partial charge in [0.05, 0.1) is 6.04 Å². The SMILES string of the molecule is CCC(C)C(N)C(=O)NC(C(=O)NC(Cc1ccccc1)C(=O)NC(Cc1ccc(O)cc1)C(=O)O)C(C)CC. The Morgan fingerprint density at radius 1 is 0.725 bits per heavy atom. The summed E-state index contributed by atoms with van der Waals surface area (Å²) in [5.74, 6) is -3.21. The highest BCUT2D eigenvalue weighted by atomic mass is 16.4. The zero-order chi connectivity index (χ0) is 29.8. The van der Waals surface area contributed by atoms with Crippen LogP contribution in [-0.2, 0) is 32.0 Å². The molecule has 10 nitrogen and oxygen atoms in total. The number of carbonyl (C=O) groups is 4. The molecule has 218 valence electrons. The van der Waals surface area contributed by atoms with Crippen LogP contribution in [0.3, 0.4) is 0 Å². The molecule has 0 radical (unpaired) electrons. The van der Waals surface area contributed by atoms with Gasteiger partial charge in [-0.1, -0.05) is 83.0 Å². The lowest BCUT2D eigenvalue weighted by Crippen LogP contribution is -2.59. The van der Waals surface area contributed by atoms with Crippen LogP contribution in [0.1, 0.15) is 51.7 Å². The highest BCUT2D eigenvalue weighted by Crippen LogP contribution is 2.14. The van der Waals surface area contributed by atoms with E-state index in [0.717, 1.165) is 5.56 Å². The summed E-state index contributed by atoms with van der Waals surface area (Å²) in [4.78, 5) is 51.8. The van der Waals surface area contributed by atoms with E-state index in [1.165, 1.54) is 12.1 Å². The van der Waals surface area contributed by atoms with Gasteiger partial charge in [0.1, 0.15) is 23.9 Å². The molecule has 6 unspecified atom stereocenters. The van der Waals surface area contributed by atoms with Crippen LogP contribution < -0.4 is 21.7 Å². The number of rotatable bonds is 15. The molecule has 40 heavy (non-hydrogen) atoms. The number of aliphatic carboxylic acids is 1. The molecule has 0 saturated carbocycles. The maximum Gasteiger partial charge on any atom is 0.326 e. The van der Waals surface area contributed by atoms with Crippen LogP contribution in [0.2, 0.25) is 0 Å². The van der Waals surface area contributed by atoms with Gasteiger partial charge < -0.3 is 31.9 Å². The summed E-state index contributed by atoms with van der Waals surface area (Å²) in [5, 5.41) is 27.4. The van der Waals surface area contributed by atoms with Crippen molar-refractivity contribution in [1.82, 2.24) is 16.0 Å². The predicted molar refractivity (Wildman–Crippen MR) is 152 cm³/mol. The number of hydrogen-bond acceptors (Lipinski definition) is 6. The smallest absolute Gasteiger partial charge is 0.326 e. The summed E-state index contributed by atoms with van der Waals surface area (Å²) in [5.41, 5.74) is 7.45. The second-order valence-electron chi connectivity index (χ2n) is 10.3. The van der Waals surface area contributed by atoms with Crippen molar-refractivity contribution < 1.29 is 29.4 Å². The van der Waals surface area contributed by atoms with E-state index >= 15 is 0 Å². The van der Waals surface area contributed by atoms with Crippen LogP contribution >= 0.6 is 0 Å². The molecular weight excluding hydrogens is 512 g/mol. The molecule has 0 bridgehead atoms. The Kier molecular flexibility index (Phi) is 12.6. The molecule has 2 aromatic carbocycles. The normalized spacial score (nSPS) is 15.5. The average Bonchev–Trinajstić information content (AvgIpc) is 2.95. The van der Waals surface area contributed by atoms with Gasteiger partial charge in [-0.3, -0.25) is 14.4 Å². The maximum atomic E-state index is 13.5. The first-order valence-corrected chi connectivity index (χ1v) is 13.7. The van der Waals surface area contributed by atoms with Crippen molar-refractivity contribution in [2.24, 2.45) is 17.6 Å². The van der Waals surface area contributed by atoms with E-state index in [1.54, 1.807) is 36.4 Å². The quantitative estimate of drug-likeness (QED) is 0.196. The van der Waals surface area contributed by atoms with Crippen LogP contribution in [0.15, 0.2) is 54.6 Å². The van der Waals surface area contributed by atoms with E-state index in [-0.39, 0.29) is 30.4 Å². The van der Waals surface area contributed by atoms with Crippen LogP contribution in [0.25, 0.3) is 0 Å². The molecule has 0 aliphatic carbocycles. The molecule has 0 aliphatic rings. The van der Waals surface area contributed by atoms with E-state index in [9.17, 15) is 29.4 Å². The molecular formula is C30H42N4O6. The van der Waals surface area contributed by atoms with E-state index in [2.05, 4.69) is 16.0 Å². The van der Waals surface area contributed by atoms with E-state index in [4.69, 9.17) is 5.73 Å². The first kappa shape index (κ1) is 32.3. The molecule has 0 heterocycles. The van der Waals surface area contributed by atoms with Gasteiger partial charge in [0.2, 0.25) is 17.7 Å². The van der Waals surface area contributed by atoms with Crippen molar-refractivity contribution in [3.63, 3.8) is 0 Å². The topological polar surface area (TPSA) is 171 Å². The number of aromatic hydroxyl groups is 1. The first-order chi connectivity index (χ1) is 19.0. The van der Waals surface area contributed by atoms with Gasteiger partial charge >= 0.3 is 5.97 Å². The van der Waals surface area contributed by atoms with Gasteiger partial charge in [-0.2, -0.15) is 0 Å². The molecule has 0 spiro atoms. The molecule has 2 rings (SSSR count). The molecule has 10 heteroatoms. The number of carbonyl (C=O) groups excluding carboxylic acids is 3. The van der Waals surface area contributed by atoms with Gasteiger partial charge in [-0.25, -0.2) is 4.79 Å². The first-order valence-electron chi connectivity index (χ1n) is 13.7. The third-order valence-electron chi connectivity index (χ3n) is 7.26. The standard InChI is InChI=1S/C30H42N4O6/c1-5-18(3)25(31)28(37)34-26(19(4)6-2)29(38)32-23(16-20-10-8-7-9-11-20)27(36)33-24(30(39)40)17-21-12-14-22(35)15-13-21/h7-15,18-19,23-26,35H,5-6,16-17,31H2,1-4H3,(H,32,38)(H,33,36)(H,34,37)(H,39,40). The van der Waals surface area contributed by atoms with Gasteiger partial charge in [0.15, 0.2) is 0 Å². The Labute approximate surface area is 235 Å². The fourth-order valence-corrected chi connectivity index (χ4v) is 4.12. The Hall–Kier alpha value is -3.92. The van der Waals surface area contributed by atoms with Gasteiger partial charge in [-0.15, -0.1) is 0 Å². The fraction of sp³-hybridized carbons (Fsp3) is 0.467. The van der Waals surface area contributed by atoms with Crippen molar-refractivity contribution >= 4 is 23.7 Å².